The van der Waals surface area contributed by atoms with Gasteiger partial charge in [0.05, 0.1) is 6.04 Å². The fraction of sp³-hybridized carbons (Fsp3) is 0.520. The Balaban J connectivity index is 3.03. The molecule has 4 atom stereocenters. The topological polar surface area (TPSA) is 258 Å². The largest absolute Gasteiger partial charge is 0.480 e. The molecule has 0 saturated heterocycles. The van der Waals surface area contributed by atoms with Crippen LogP contribution in [0, 0.1) is 0 Å². The monoisotopic (exact) mass is 580 g/mol. The maximum atomic E-state index is 13.4. The molecule has 0 radical (unpaired) electrons. The number of carbonyl (C=O) groups is 5. The van der Waals surface area contributed by atoms with E-state index in [4.69, 9.17) is 22.9 Å². The van der Waals surface area contributed by atoms with E-state index in [1.54, 1.807) is 24.3 Å². The third-order valence-corrected chi connectivity index (χ3v) is 6.40. The standard InChI is InChI=1S/C25H40N8O6S/c1-40-13-11-17(22(36)32-18(24(38)39)9-10-20(27)34)31-23(37)19(14-15-6-3-2-4-7-15)33-21(35)16(26)8-5-12-30-25(28)29/h2-4,6-7,16-19H,5,8-14,26H2,1H3,(H2,27,34)(H,31,37)(H,32,36)(H,33,35)(H,38,39)(H4,28,29,30). The Morgan fingerprint density at radius 3 is 2.05 bits per heavy atom. The Labute approximate surface area is 237 Å². The van der Waals surface area contributed by atoms with Gasteiger partial charge in [0.25, 0.3) is 0 Å². The Kier molecular flexibility index (Phi) is 15.8. The zero-order chi connectivity index (χ0) is 30.1. The number of primary amides is 1. The van der Waals surface area contributed by atoms with Crippen LogP contribution in [0.25, 0.3) is 0 Å². The van der Waals surface area contributed by atoms with E-state index in [0.717, 1.165) is 5.56 Å². The highest BCUT2D eigenvalue weighted by atomic mass is 32.2. The van der Waals surface area contributed by atoms with Crippen LogP contribution in [-0.4, -0.2) is 83.4 Å². The molecule has 4 unspecified atom stereocenters. The quantitative estimate of drug-likeness (QED) is 0.0515. The summed E-state index contributed by atoms with van der Waals surface area (Å²) in [4.78, 5) is 65.7. The highest BCUT2D eigenvalue weighted by Gasteiger charge is 2.30. The molecule has 0 bridgehead atoms. The lowest BCUT2D eigenvalue weighted by Crippen LogP contribution is -2.57. The third-order valence-electron chi connectivity index (χ3n) is 5.76. The maximum absolute atomic E-state index is 13.4. The average molecular weight is 581 g/mol. The molecule has 0 saturated carbocycles. The number of amides is 4. The Morgan fingerprint density at radius 1 is 0.875 bits per heavy atom. The van der Waals surface area contributed by atoms with Gasteiger partial charge >= 0.3 is 5.97 Å². The molecule has 0 aliphatic carbocycles. The number of hydrogen-bond donors (Lipinski definition) is 8. The summed E-state index contributed by atoms with van der Waals surface area (Å²) in [6.07, 6.45) is 2.40. The number of rotatable bonds is 19. The normalized spacial score (nSPS) is 13.7. The molecule has 1 aromatic carbocycles. The van der Waals surface area contributed by atoms with Crippen molar-refractivity contribution in [2.75, 3.05) is 18.6 Å². The molecule has 15 heteroatoms. The van der Waals surface area contributed by atoms with Crippen LogP contribution in [0.1, 0.15) is 37.7 Å². The fourth-order valence-electron chi connectivity index (χ4n) is 3.58. The number of carboxylic acid groups (broad SMARTS) is 1. The number of nitrogens with two attached hydrogens (primary N) is 4. The SMILES string of the molecule is CSCCC(NC(=O)C(Cc1ccccc1)NC(=O)C(N)CCCN=C(N)N)C(=O)NC(CCC(N)=O)C(=O)O. The number of nitrogens with zero attached hydrogens (tertiary/aromatic N) is 1. The first-order chi connectivity index (χ1) is 18.9. The van der Waals surface area contributed by atoms with Crippen LogP contribution in [0.2, 0.25) is 0 Å². The van der Waals surface area contributed by atoms with E-state index in [9.17, 15) is 29.1 Å². The number of thioether (sulfide) groups is 1. The summed E-state index contributed by atoms with van der Waals surface area (Å²) < 4.78 is 0. The summed E-state index contributed by atoms with van der Waals surface area (Å²) in [5, 5.41) is 17.1. The molecule has 1 rings (SSSR count). The molecule has 0 heterocycles. The van der Waals surface area contributed by atoms with Gasteiger partial charge < -0.3 is 44.0 Å². The van der Waals surface area contributed by atoms with Gasteiger partial charge in [0, 0.05) is 19.4 Å². The Hall–Kier alpha value is -3.85. The minimum absolute atomic E-state index is 0.0692. The molecule has 0 aromatic heterocycles. The van der Waals surface area contributed by atoms with Crippen molar-refractivity contribution in [2.45, 2.75) is 62.7 Å². The predicted molar refractivity (Wildman–Crippen MR) is 153 cm³/mol. The van der Waals surface area contributed by atoms with Gasteiger partial charge in [-0.25, -0.2) is 4.79 Å². The molecular weight excluding hydrogens is 540 g/mol. The van der Waals surface area contributed by atoms with Gasteiger partial charge in [-0.3, -0.25) is 24.2 Å². The summed E-state index contributed by atoms with van der Waals surface area (Å²) in [5.74, 6) is -3.58. The second-order valence-electron chi connectivity index (χ2n) is 9.05. The van der Waals surface area contributed by atoms with Crippen molar-refractivity contribution in [1.29, 1.82) is 0 Å². The summed E-state index contributed by atoms with van der Waals surface area (Å²) in [7, 11) is 0. The van der Waals surface area contributed by atoms with Crippen LogP contribution in [0.5, 0.6) is 0 Å². The van der Waals surface area contributed by atoms with Gasteiger partial charge in [-0.2, -0.15) is 11.8 Å². The van der Waals surface area contributed by atoms with Gasteiger partial charge in [-0.05, 0) is 43.3 Å². The van der Waals surface area contributed by atoms with Crippen LogP contribution < -0.4 is 38.9 Å². The number of nitrogens with one attached hydrogen (secondary N) is 3. The van der Waals surface area contributed by atoms with Crippen molar-refractivity contribution in [1.82, 2.24) is 16.0 Å². The van der Waals surface area contributed by atoms with Crippen LogP contribution in [-0.2, 0) is 30.4 Å². The van der Waals surface area contributed by atoms with E-state index in [0.29, 0.717) is 18.7 Å². The lowest BCUT2D eigenvalue weighted by atomic mass is 10.0. The van der Waals surface area contributed by atoms with Gasteiger partial charge in [0.1, 0.15) is 18.1 Å². The van der Waals surface area contributed by atoms with E-state index in [-0.39, 0.29) is 38.1 Å². The average Bonchev–Trinajstić information content (AvgIpc) is 2.90. The second-order valence-corrected chi connectivity index (χ2v) is 10.0. The van der Waals surface area contributed by atoms with E-state index in [1.807, 2.05) is 12.3 Å². The number of aliphatic imine (C=N–C) groups is 1. The minimum atomic E-state index is -1.37. The highest BCUT2D eigenvalue weighted by Crippen LogP contribution is 2.08. The van der Waals surface area contributed by atoms with Crippen molar-refractivity contribution in [3.05, 3.63) is 35.9 Å². The Bertz CT molecular complexity index is 1020. The van der Waals surface area contributed by atoms with Gasteiger partial charge in [0.15, 0.2) is 5.96 Å². The molecule has 40 heavy (non-hydrogen) atoms. The zero-order valence-corrected chi connectivity index (χ0v) is 23.3. The van der Waals surface area contributed by atoms with Crippen LogP contribution in [0.4, 0.5) is 0 Å². The fourth-order valence-corrected chi connectivity index (χ4v) is 4.05. The lowest BCUT2D eigenvalue weighted by Gasteiger charge is -2.25. The molecular formula is C25H40N8O6S. The minimum Gasteiger partial charge on any atom is -0.480 e. The molecule has 0 aliphatic heterocycles. The first kappa shape index (κ1) is 34.2. The van der Waals surface area contributed by atoms with Gasteiger partial charge in [-0.1, -0.05) is 30.3 Å². The van der Waals surface area contributed by atoms with E-state index in [2.05, 4.69) is 20.9 Å². The lowest BCUT2D eigenvalue weighted by molar-refractivity contribution is -0.142. The number of carboxylic acids is 1. The smallest absolute Gasteiger partial charge is 0.326 e. The molecule has 0 aliphatic rings. The highest BCUT2D eigenvalue weighted by molar-refractivity contribution is 7.98. The third kappa shape index (κ3) is 13.8. The molecule has 1 aromatic rings. The molecule has 0 fully saturated rings. The molecule has 12 N–H and O–H groups in total. The van der Waals surface area contributed by atoms with Crippen molar-refractivity contribution in [3.8, 4) is 0 Å². The van der Waals surface area contributed by atoms with Crippen LogP contribution in [0.15, 0.2) is 35.3 Å². The van der Waals surface area contributed by atoms with Crippen molar-refractivity contribution in [2.24, 2.45) is 27.9 Å². The van der Waals surface area contributed by atoms with Crippen molar-refractivity contribution < 1.29 is 29.1 Å². The maximum Gasteiger partial charge on any atom is 0.326 e. The number of hydrogen-bond acceptors (Lipinski definition) is 8. The summed E-state index contributed by atoms with van der Waals surface area (Å²) >= 11 is 1.43. The summed E-state index contributed by atoms with van der Waals surface area (Å²) in [6, 6.07) is 4.48. The number of guanidine groups is 1. The van der Waals surface area contributed by atoms with Crippen molar-refractivity contribution in [3.63, 3.8) is 0 Å². The molecule has 14 nitrogen and oxygen atoms in total. The number of carbonyl (C=O) groups excluding carboxylic acids is 4. The van der Waals surface area contributed by atoms with E-state index >= 15 is 0 Å². The second kappa shape index (κ2) is 18.4. The molecule has 222 valence electrons. The summed E-state index contributed by atoms with van der Waals surface area (Å²) in [5.41, 5.74) is 22.5. The van der Waals surface area contributed by atoms with Gasteiger partial charge in [0.2, 0.25) is 23.6 Å². The Morgan fingerprint density at radius 2 is 1.48 bits per heavy atom. The van der Waals surface area contributed by atoms with Crippen molar-refractivity contribution >= 4 is 47.3 Å². The zero-order valence-electron chi connectivity index (χ0n) is 22.5. The van der Waals surface area contributed by atoms with Crippen LogP contribution in [0.3, 0.4) is 0 Å². The first-order valence-corrected chi connectivity index (χ1v) is 14.1. The van der Waals surface area contributed by atoms with Crippen LogP contribution >= 0.6 is 11.8 Å². The van der Waals surface area contributed by atoms with E-state index < -0.39 is 53.8 Å². The molecule has 4 amide bonds. The predicted octanol–water partition coefficient (Wildman–Crippen LogP) is -1.83. The molecule has 0 spiro atoms. The first-order valence-electron chi connectivity index (χ1n) is 12.7. The number of aliphatic carboxylic acids is 1. The van der Waals surface area contributed by atoms with Gasteiger partial charge in [-0.15, -0.1) is 0 Å². The van der Waals surface area contributed by atoms with E-state index in [1.165, 1.54) is 11.8 Å². The number of benzene rings is 1. The summed E-state index contributed by atoms with van der Waals surface area (Å²) in [6.45, 7) is 0.292.